The summed E-state index contributed by atoms with van der Waals surface area (Å²) in [6, 6.07) is 6.53. The molecule has 122 valence electrons. The molecule has 0 bridgehead atoms. The largest absolute Gasteiger partial charge is 0.362 e. The highest BCUT2D eigenvalue weighted by molar-refractivity contribution is 9.10. The summed E-state index contributed by atoms with van der Waals surface area (Å²) in [5, 5.41) is 7.11. The average molecular weight is 417 g/mol. The van der Waals surface area contributed by atoms with Crippen molar-refractivity contribution in [2.24, 2.45) is 0 Å². The van der Waals surface area contributed by atoms with Crippen LogP contribution >= 0.6 is 39.7 Å². The Morgan fingerprint density at radius 3 is 2.74 bits per heavy atom. The van der Waals surface area contributed by atoms with Gasteiger partial charge in [-0.3, -0.25) is 0 Å². The van der Waals surface area contributed by atoms with Crippen molar-refractivity contribution in [1.29, 1.82) is 0 Å². The molecule has 0 saturated carbocycles. The average Bonchev–Trinajstić information content (AvgIpc) is 2.54. The fraction of sp³-hybridized carbons (Fsp3) is 0.250. The van der Waals surface area contributed by atoms with Crippen molar-refractivity contribution in [2.45, 2.75) is 19.8 Å². The van der Waals surface area contributed by atoms with Crippen molar-refractivity contribution in [1.82, 2.24) is 10.3 Å². The van der Waals surface area contributed by atoms with Crippen LogP contribution in [0, 0.1) is 12.7 Å². The number of anilines is 1. The lowest BCUT2D eigenvalue weighted by Gasteiger charge is -2.12. The zero-order valence-electron chi connectivity index (χ0n) is 12.5. The Morgan fingerprint density at radius 2 is 2.04 bits per heavy atom. The molecule has 0 spiro atoms. The minimum atomic E-state index is -0.216. The Balaban J connectivity index is 1.77. The molecule has 1 aromatic carbocycles. The lowest BCUT2D eigenvalue weighted by molar-refractivity contribution is 0.626. The van der Waals surface area contributed by atoms with E-state index in [9.17, 15) is 4.39 Å². The third-order valence-corrected chi connectivity index (χ3v) is 4.78. The fourth-order valence-corrected chi connectivity index (χ4v) is 2.75. The van der Waals surface area contributed by atoms with Crippen LogP contribution in [0.25, 0.3) is 0 Å². The van der Waals surface area contributed by atoms with E-state index in [1.54, 1.807) is 18.3 Å². The summed E-state index contributed by atoms with van der Waals surface area (Å²) in [4.78, 5) is 4.21. The molecule has 3 nitrogen and oxygen atoms in total. The molecule has 1 heterocycles. The fourth-order valence-electron chi connectivity index (χ4n) is 1.94. The van der Waals surface area contributed by atoms with E-state index in [1.807, 2.05) is 6.92 Å². The molecule has 0 aliphatic carbocycles. The van der Waals surface area contributed by atoms with Crippen LogP contribution in [-0.2, 0) is 6.42 Å². The van der Waals surface area contributed by atoms with Gasteiger partial charge in [0.15, 0.2) is 10.9 Å². The quantitative estimate of drug-likeness (QED) is 0.539. The molecule has 2 rings (SSSR count). The topological polar surface area (TPSA) is 37.0 Å². The number of hydrogen-bond acceptors (Lipinski definition) is 2. The van der Waals surface area contributed by atoms with Gasteiger partial charge in [-0.1, -0.05) is 23.7 Å². The monoisotopic (exact) mass is 415 g/mol. The SMILES string of the molecule is Cc1c(Br)cnc(NC(=S)NCCCc2ccc(F)cc2)c1Cl. The molecule has 0 aliphatic heterocycles. The molecule has 0 radical (unpaired) electrons. The number of thiocarbonyl (C=S) groups is 1. The van der Waals surface area contributed by atoms with E-state index in [2.05, 4.69) is 31.5 Å². The van der Waals surface area contributed by atoms with E-state index in [-0.39, 0.29) is 5.82 Å². The Bertz CT molecular complexity index is 694. The maximum Gasteiger partial charge on any atom is 0.171 e. The Morgan fingerprint density at radius 1 is 1.35 bits per heavy atom. The molecular weight excluding hydrogens is 401 g/mol. The van der Waals surface area contributed by atoms with E-state index in [1.165, 1.54) is 12.1 Å². The van der Waals surface area contributed by atoms with Crippen LogP contribution in [-0.4, -0.2) is 16.6 Å². The number of aromatic nitrogens is 1. The van der Waals surface area contributed by atoms with E-state index < -0.39 is 0 Å². The summed E-state index contributed by atoms with van der Waals surface area (Å²) in [5.74, 6) is 0.315. The molecule has 0 unspecified atom stereocenters. The van der Waals surface area contributed by atoms with Crippen LogP contribution in [0.15, 0.2) is 34.9 Å². The number of hydrogen-bond donors (Lipinski definition) is 2. The Kier molecular flexibility index (Phi) is 6.74. The van der Waals surface area contributed by atoms with Crippen molar-refractivity contribution in [3.63, 3.8) is 0 Å². The Hall–Kier alpha value is -1.24. The minimum Gasteiger partial charge on any atom is -0.362 e. The van der Waals surface area contributed by atoms with Gasteiger partial charge in [0.05, 0.1) is 5.02 Å². The third kappa shape index (κ3) is 5.41. The number of pyridine rings is 1. The van der Waals surface area contributed by atoms with Gasteiger partial charge in [0.2, 0.25) is 0 Å². The molecular formula is C16H16BrClFN3S. The van der Waals surface area contributed by atoms with Crippen LogP contribution in [0.3, 0.4) is 0 Å². The number of halogens is 3. The second-order valence-corrected chi connectivity index (χ2v) is 6.65. The first-order valence-corrected chi connectivity index (χ1v) is 8.65. The second kappa shape index (κ2) is 8.57. The summed E-state index contributed by atoms with van der Waals surface area (Å²) in [6.07, 6.45) is 3.42. The lowest BCUT2D eigenvalue weighted by Crippen LogP contribution is -2.30. The van der Waals surface area contributed by atoms with Gasteiger partial charge in [0.25, 0.3) is 0 Å². The number of rotatable bonds is 5. The standard InChI is InChI=1S/C16H16BrClFN3S/c1-10-13(17)9-21-15(14(10)18)22-16(23)20-8-2-3-11-4-6-12(19)7-5-11/h4-7,9H,2-3,8H2,1H3,(H2,20,21,22,23). The smallest absolute Gasteiger partial charge is 0.171 e. The minimum absolute atomic E-state index is 0.216. The van der Waals surface area contributed by atoms with Gasteiger partial charge < -0.3 is 10.6 Å². The lowest BCUT2D eigenvalue weighted by atomic mass is 10.1. The van der Waals surface area contributed by atoms with Crippen LogP contribution in [0.2, 0.25) is 5.02 Å². The van der Waals surface area contributed by atoms with Crippen LogP contribution in [0.5, 0.6) is 0 Å². The number of nitrogens with zero attached hydrogens (tertiary/aromatic N) is 1. The van der Waals surface area contributed by atoms with Gasteiger partial charge >= 0.3 is 0 Å². The predicted molar refractivity (Wildman–Crippen MR) is 101 cm³/mol. The second-order valence-electron chi connectivity index (χ2n) is 5.00. The summed E-state index contributed by atoms with van der Waals surface area (Å²) in [7, 11) is 0. The molecule has 0 saturated heterocycles. The van der Waals surface area contributed by atoms with Crippen molar-refractivity contribution < 1.29 is 4.39 Å². The first-order valence-electron chi connectivity index (χ1n) is 7.07. The van der Waals surface area contributed by atoms with E-state index >= 15 is 0 Å². The predicted octanol–water partition coefficient (Wildman–Crippen LogP) is 4.86. The van der Waals surface area contributed by atoms with Gasteiger partial charge in [-0.2, -0.15) is 0 Å². The zero-order valence-corrected chi connectivity index (χ0v) is 15.7. The summed E-state index contributed by atoms with van der Waals surface area (Å²) in [5.41, 5.74) is 2.00. The van der Waals surface area contributed by atoms with Crippen molar-refractivity contribution in [2.75, 3.05) is 11.9 Å². The highest BCUT2D eigenvalue weighted by atomic mass is 79.9. The molecule has 2 N–H and O–H groups in total. The summed E-state index contributed by atoms with van der Waals surface area (Å²) < 4.78 is 13.7. The summed E-state index contributed by atoms with van der Waals surface area (Å²) in [6.45, 7) is 2.61. The molecule has 0 fully saturated rings. The first kappa shape index (κ1) is 18.1. The molecule has 0 amide bonds. The number of aryl methyl sites for hydroxylation is 1. The van der Waals surface area contributed by atoms with Gasteiger partial charge in [0.1, 0.15) is 5.82 Å². The van der Waals surface area contributed by atoms with Gasteiger partial charge in [-0.25, -0.2) is 9.37 Å². The van der Waals surface area contributed by atoms with Crippen LogP contribution in [0.4, 0.5) is 10.2 Å². The van der Waals surface area contributed by atoms with E-state index in [0.29, 0.717) is 22.5 Å². The Labute approximate surface area is 153 Å². The third-order valence-electron chi connectivity index (χ3n) is 3.28. The molecule has 0 atom stereocenters. The first-order chi connectivity index (χ1) is 11.0. The maximum absolute atomic E-state index is 12.8. The molecule has 2 aromatic rings. The van der Waals surface area contributed by atoms with Crippen molar-refractivity contribution in [3.05, 3.63) is 56.9 Å². The highest BCUT2D eigenvalue weighted by Crippen LogP contribution is 2.28. The van der Waals surface area contributed by atoms with E-state index in [0.717, 1.165) is 28.4 Å². The van der Waals surface area contributed by atoms with Crippen molar-refractivity contribution >= 4 is 50.7 Å². The van der Waals surface area contributed by atoms with E-state index in [4.69, 9.17) is 23.8 Å². The number of nitrogens with one attached hydrogen (secondary N) is 2. The van der Waals surface area contributed by atoms with Crippen LogP contribution in [0.1, 0.15) is 17.5 Å². The van der Waals surface area contributed by atoms with Crippen molar-refractivity contribution in [3.8, 4) is 0 Å². The van der Waals surface area contributed by atoms with Gasteiger partial charge in [0, 0.05) is 17.2 Å². The van der Waals surface area contributed by atoms with Crippen LogP contribution < -0.4 is 10.6 Å². The van der Waals surface area contributed by atoms with Gasteiger partial charge in [-0.05, 0) is 71.2 Å². The normalized spacial score (nSPS) is 10.4. The molecule has 1 aromatic heterocycles. The molecule has 0 aliphatic rings. The number of benzene rings is 1. The summed E-state index contributed by atoms with van der Waals surface area (Å²) >= 11 is 14.8. The zero-order chi connectivity index (χ0) is 16.8. The van der Waals surface area contributed by atoms with Gasteiger partial charge in [-0.15, -0.1) is 0 Å². The maximum atomic E-state index is 12.8. The highest BCUT2D eigenvalue weighted by Gasteiger charge is 2.09. The molecule has 7 heteroatoms. The molecule has 23 heavy (non-hydrogen) atoms.